The van der Waals surface area contributed by atoms with E-state index >= 15 is 0 Å². The van der Waals surface area contributed by atoms with Crippen molar-refractivity contribution in [1.82, 2.24) is 14.7 Å². The number of amides is 1. The monoisotopic (exact) mass is 297 g/mol. The Hall–Kier alpha value is -2.10. The number of aromatic nitrogens is 2. The molecule has 1 fully saturated rings. The first-order valence-corrected chi connectivity index (χ1v) is 7.97. The predicted octanol–water partition coefficient (Wildman–Crippen LogP) is 3.05. The molecule has 1 amide bonds. The Bertz CT molecular complexity index is 625. The fourth-order valence-corrected chi connectivity index (χ4v) is 3.34. The zero-order valence-electron chi connectivity index (χ0n) is 13.3. The number of nitrogens with zero attached hydrogens (tertiary/aromatic N) is 3. The number of hydrogen-bond donors (Lipinski definition) is 0. The molecule has 1 aromatic carbocycles. The second-order valence-electron chi connectivity index (χ2n) is 6.57. The molecule has 1 aromatic heterocycles. The average molecular weight is 297 g/mol. The second-order valence-corrected chi connectivity index (χ2v) is 6.57. The van der Waals surface area contributed by atoms with E-state index in [1.54, 1.807) is 6.20 Å². The van der Waals surface area contributed by atoms with Crippen LogP contribution in [0.3, 0.4) is 0 Å². The van der Waals surface area contributed by atoms with Crippen LogP contribution in [-0.2, 0) is 6.54 Å². The highest BCUT2D eigenvalue weighted by Gasteiger charge is 2.26. The van der Waals surface area contributed by atoms with Crippen LogP contribution in [0.1, 0.15) is 36.2 Å². The molecule has 3 rings (SSSR count). The zero-order valence-corrected chi connectivity index (χ0v) is 13.3. The Morgan fingerprint density at radius 1 is 1.18 bits per heavy atom. The maximum atomic E-state index is 12.6. The highest BCUT2D eigenvalue weighted by atomic mass is 16.2. The van der Waals surface area contributed by atoms with Gasteiger partial charge in [-0.05, 0) is 23.8 Å². The van der Waals surface area contributed by atoms with Crippen LogP contribution in [0.4, 0.5) is 0 Å². The molecule has 0 radical (unpaired) electrons. The third-order valence-electron chi connectivity index (χ3n) is 4.22. The molecule has 1 aliphatic heterocycles. The van der Waals surface area contributed by atoms with Gasteiger partial charge in [0.2, 0.25) is 0 Å². The molecular weight excluding hydrogens is 274 g/mol. The van der Waals surface area contributed by atoms with Crippen LogP contribution in [0.15, 0.2) is 42.7 Å². The number of benzene rings is 1. The molecule has 116 valence electrons. The van der Waals surface area contributed by atoms with Crippen molar-refractivity contribution in [2.45, 2.75) is 26.8 Å². The molecule has 4 nitrogen and oxygen atoms in total. The van der Waals surface area contributed by atoms with E-state index in [0.717, 1.165) is 13.1 Å². The number of piperidine rings is 1. The van der Waals surface area contributed by atoms with Gasteiger partial charge in [0, 0.05) is 19.3 Å². The van der Waals surface area contributed by atoms with Crippen LogP contribution < -0.4 is 0 Å². The summed E-state index contributed by atoms with van der Waals surface area (Å²) in [5, 5.41) is 4.33. The van der Waals surface area contributed by atoms with Crippen LogP contribution in [0.2, 0.25) is 0 Å². The first-order chi connectivity index (χ1) is 10.6. The van der Waals surface area contributed by atoms with Crippen molar-refractivity contribution >= 4 is 5.91 Å². The summed E-state index contributed by atoms with van der Waals surface area (Å²) >= 11 is 0. The average Bonchev–Trinajstić information content (AvgIpc) is 2.95. The van der Waals surface area contributed by atoms with Crippen molar-refractivity contribution in [3.05, 3.63) is 53.9 Å². The summed E-state index contributed by atoms with van der Waals surface area (Å²) in [5.41, 5.74) is 1.88. The van der Waals surface area contributed by atoms with Crippen LogP contribution in [-0.4, -0.2) is 33.7 Å². The maximum absolute atomic E-state index is 12.6. The predicted molar refractivity (Wildman–Crippen MR) is 86.6 cm³/mol. The summed E-state index contributed by atoms with van der Waals surface area (Å²) in [6.45, 7) is 6.84. The summed E-state index contributed by atoms with van der Waals surface area (Å²) in [5.74, 6) is 1.26. The van der Waals surface area contributed by atoms with E-state index in [-0.39, 0.29) is 5.91 Å². The van der Waals surface area contributed by atoms with Gasteiger partial charge in [0.05, 0.1) is 18.3 Å². The molecule has 2 aromatic rings. The minimum atomic E-state index is 0.109. The fourth-order valence-electron chi connectivity index (χ4n) is 3.34. The van der Waals surface area contributed by atoms with Gasteiger partial charge < -0.3 is 4.90 Å². The molecule has 0 spiro atoms. The summed E-state index contributed by atoms with van der Waals surface area (Å²) in [7, 11) is 0. The van der Waals surface area contributed by atoms with E-state index in [4.69, 9.17) is 0 Å². The van der Waals surface area contributed by atoms with Gasteiger partial charge in [-0.25, -0.2) is 0 Å². The molecule has 0 N–H and O–H groups in total. The lowest BCUT2D eigenvalue weighted by molar-refractivity contribution is 0.0623. The molecule has 2 unspecified atom stereocenters. The number of carbonyl (C=O) groups excluding carboxylic acids is 1. The number of hydrogen-bond acceptors (Lipinski definition) is 2. The van der Waals surface area contributed by atoms with Gasteiger partial charge in [0.25, 0.3) is 5.91 Å². The van der Waals surface area contributed by atoms with E-state index in [1.807, 2.05) is 34.0 Å². The molecule has 2 atom stereocenters. The molecular formula is C18H23N3O. The van der Waals surface area contributed by atoms with Crippen LogP contribution in [0.25, 0.3) is 0 Å². The maximum Gasteiger partial charge on any atom is 0.257 e. The lowest BCUT2D eigenvalue weighted by atomic mass is 9.91. The van der Waals surface area contributed by atoms with Gasteiger partial charge in [0.1, 0.15) is 0 Å². The Labute approximate surface area is 131 Å². The SMILES string of the molecule is CC1CC(C)CN(C(=O)c2cnn(Cc3ccccc3)c2)C1. The highest BCUT2D eigenvalue weighted by molar-refractivity contribution is 5.93. The van der Waals surface area contributed by atoms with Crippen molar-refractivity contribution in [3.8, 4) is 0 Å². The molecule has 1 aliphatic rings. The van der Waals surface area contributed by atoms with E-state index in [2.05, 4.69) is 31.1 Å². The van der Waals surface area contributed by atoms with Gasteiger partial charge in [-0.3, -0.25) is 9.48 Å². The Kier molecular flexibility index (Phi) is 4.27. The van der Waals surface area contributed by atoms with Gasteiger partial charge >= 0.3 is 0 Å². The van der Waals surface area contributed by atoms with Crippen LogP contribution in [0, 0.1) is 11.8 Å². The van der Waals surface area contributed by atoms with Gasteiger partial charge in [-0.2, -0.15) is 5.10 Å². The van der Waals surface area contributed by atoms with E-state index in [9.17, 15) is 4.79 Å². The molecule has 0 aliphatic carbocycles. The second kappa shape index (κ2) is 6.34. The van der Waals surface area contributed by atoms with Crippen molar-refractivity contribution in [2.24, 2.45) is 11.8 Å². The third-order valence-corrected chi connectivity index (χ3v) is 4.22. The Morgan fingerprint density at radius 2 is 1.86 bits per heavy atom. The van der Waals surface area contributed by atoms with E-state index in [1.165, 1.54) is 12.0 Å². The Balaban J connectivity index is 1.69. The van der Waals surface area contributed by atoms with Gasteiger partial charge in [-0.1, -0.05) is 44.2 Å². The van der Waals surface area contributed by atoms with E-state index in [0.29, 0.717) is 23.9 Å². The summed E-state index contributed by atoms with van der Waals surface area (Å²) in [6.07, 6.45) is 4.76. The van der Waals surface area contributed by atoms with Crippen molar-refractivity contribution in [1.29, 1.82) is 0 Å². The largest absolute Gasteiger partial charge is 0.338 e. The van der Waals surface area contributed by atoms with E-state index < -0.39 is 0 Å². The summed E-state index contributed by atoms with van der Waals surface area (Å²) in [4.78, 5) is 14.6. The molecule has 22 heavy (non-hydrogen) atoms. The van der Waals surface area contributed by atoms with Crippen LogP contribution in [0.5, 0.6) is 0 Å². The summed E-state index contributed by atoms with van der Waals surface area (Å²) < 4.78 is 1.83. The molecule has 4 heteroatoms. The molecule has 0 saturated carbocycles. The summed E-state index contributed by atoms with van der Waals surface area (Å²) in [6, 6.07) is 10.2. The standard InChI is InChI=1S/C18H23N3O/c1-14-8-15(2)11-20(10-14)18(22)17-9-19-21(13-17)12-16-6-4-3-5-7-16/h3-7,9,13-15H,8,10-12H2,1-2H3. The molecule has 2 heterocycles. The number of carbonyl (C=O) groups is 1. The third kappa shape index (κ3) is 3.38. The Morgan fingerprint density at radius 3 is 2.55 bits per heavy atom. The zero-order chi connectivity index (χ0) is 15.5. The number of rotatable bonds is 3. The first kappa shape index (κ1) is 14.8. The smallest absolute Gasteiger partial charge is 0.257 e. The van der Waals surface area contributed by atoms with Crippen molar-refractivity contribution in [3.63, 3.8) is 0 Å². The van der Waals surface area contributed by atoms with Gasteiger partial charge in [0.15, 0.2) is 0 Å². The van der Waals surface area contributed by atoms with Crippen molar-refractivity contribution in [2.75, 3.05) is 13.1 Å². The van der Waals surface area contributed by atoms with Gasteiger partial charge in [-0.15, -0.1) is 0 Å². The molecule has 1 saturated heterocycles. The van der Waals surface area contributed by atoms with Crippen LogP contribution >= 0.6 is 0 Å². The van der Waals surface area contributed by atoms with Crippen molar-refractivity contribution < 1.29 is 4.79 Å². The number of likely N-dealkylation sites (tertiary alicyclic amines) is 1. The lowest BCUT2D eigenvalue weighted by Gasteiger charge is -2.34. The molecule has 0 bridgehead atoms. The lowest BCUT2D eigenvalue weighted by Crippen LogP contribution is -2.42. The quantitative estimate of drug-likeness (QED) is 0.873. The first-order valence-electron chi connectivity index (χ1n) is 7.97. The normalized spacial score (nSPS) is 21.8. The fraction of sp³-hybridized carbons (Fsp3) is 0.444. The topological polar surface area (TPSA) is 38.1 Å². The highest BCUT2D eigenvalue weighted by Crippen LogP contribution is 2.22. The minimum absolute atomic E-state index is 0.109. The minimum Gasteiger partial charge on any atom is -0.338 e.